The van der Waals surface area contributed by atoms with Crippen LogP contribution in [0.25, 0.3) is 0 Å². The van der Waals surface area contributed by atoms with Gasteiger partial charge in [0.15, 0.2) is 0 Å². The molecule has 1 aliphatic rings. The molecule has 3 N–H and O–H groups in total. The van der Waals surface area contributed by atoms with Gasteiger partial charge in [0.05, 0.1) is 6.54 Å². The van der Waals surface area contributed by atoms with E-state index in [2.05, 4.69) is 5.32 Å². The molecule has 0 unspecified atom stereocenters. The maximum absolute atomic E-state index is 12.0. The van der Waals surface area contributed by atoms with Gasteiger partial charge in [-0.25, -0.2) is 0 Å². The van der Waals surface area contributed by atoms with Gasteiger partial charge in [-0.3, -0.25) is 14.5 Å². The van der Waals surface area contributed by atoms with Crippen LogP contribution >= 0.6 is 11.6 Å². The van der Waals surface area contributed by atoms with Crippen molar-refractivity contribution in [3.05, 3.63) is 28.8 Å². The standard InChI is InChI=1S/C15H20ClN3O2/c1-10-2-3-12(8-13(10)16)18-14(20)9-19-6-4-11(5-7-19)15(17)21/h2-3,8,11H,4-7,9H2,1H3,(H2,17,21)(H,18,20). The van der Waals surface area contributed by atoms with Gasteiger partial charge in [0, 0.05) is 16.6 Å². The number of halogens is 1. The monoisotopic (exact) mass is 309 g/mol. The molecule has 0 aromatic heterocycles. The summed E-state index contributed by atoms with van der Waals surface area (Å²) < 4.78 is 0. The molecular weight excluding hydrogens is 290 g/mol. The van der Waals surface area contributed by atoms with Gasteiger partial charge >= 0.3 is 0 Å². The molecule has 1 aromatic rings. The highest BCUT2D eigenvalue weighted by atomic mass is 35.5. The van der Waals surface area contributed by atoms with Crippen molar-refractivity contribution in [1.82, 2.24) is 4.90 Å². The van der Waals surface area contributed by atoms with Crippen molar-refractivity contribution < 1.29 is 9.59 Å². The van der Waals surface area contributed by atoms with Crippen molar-refractivity contribution >= 4 is 29.1 Å². The van der Waals surface area contributed by atoms with Gasteiger partial charge in [0.2, 0.25) is 11.8 Å². The molecule has 0 saturated carbocycles. The molecule has 1 aromatic carbocycles. The SMILES string of the molecule is Cc1ccc(NC(=O)CN2CCC(C(N)=O)CC2)cc1Cl. The van der Waals surface area contributed by atoms with Crippen LogP contribution in [0, 0.1) is 12.8 Å². The topological polar surface area (TPSA) is 75.4 Å². The summed E-state index contributed by atoms with van der Waals surface area (Å²) in [5, 5.41) is 3.47. The zero-order chi connectivity index (χ0) is 15.4. The first-order valence-corrected chi connectivity index (χ1v) is 7.41. The van der Waals surface area contributed by atoms with Crippen LogP contribution in [-0.4, -0.2) is 36.3 Å². The molecule has 2 amide bonds. The molecule has 21 heavy (non-hydrogen) atoms. The van der Waals surface area contributed by atoms with Crippen LogP contribution in [0.1, 0.15) is 18.4 Å². The number of rotatable bonds is 4. The Bertz CT molecular complexity index is 540. The summed E-state index contributed by atoms with van der Waals surface area (Å²) in [5.74, 6) is -0.374. The van der Waals surface area contributed by atoms with Gasteiger partial charge in [0.25, 0.3) is 0 Å². The quantitative estimate of drug-likeness (QED) is 0.890. The summed E-state index contributed by atoms with van der Waals surface area (Å²) in [6, 6.07) is 5.45. The fourth-order valence-electron chi connectivity index (χ4n) is 2.45. The molecule has 1 saturated heterocycles. The van der Waals surface area contributed by atoms with Crippen molar-refractivity contribution in [2.24, 2.45) is 11.7 Å². The third-order valence-electron chi connectivity index (χ3n) is 3.81. The summed E-state index contributed by atoms with van der Waals surface area (Å²) in [7, 11) is 0. The summed E-state index contributed by atoms with van der Waals surface area (Å²) >= 11 is 6.03. The molecule has 0 bridgehead atoms. The molecule has 1 heterocycles. The van der Waals surface area contributed by atoms with Crippen molar-refractivity contribution in [3.8, 4) is 0 Å². The maximum Gasteiger partial charge on any atom is 0.238 e. The number of aryl methyl sites for hydroxylation is 1. The van der Waals surface area contributed by atoms with Crippen LogP contribution in [-0.2, 0) is 9.59 Å². The largest absolute Gasteiger partial charge is 0.369 e. The van der Waals surface area contributed by atoms with Gasteiger partial charge < -0.3 is 11.1 Å². The Kier molecular flexibility index (Phi) is 5.20. The third-order valence-corrected chi connectivity index (χ3v) is 4.22. The van der Waals surface area contributed by atoms with E-state index in [0.717, 1.165) is 31.5 Å². The average Bonchev–Trinajstić information content (AvgIpc) is 2.43. The van der Waals surface area contributed by atoms with Crippen LogP contribution in [0.2, 0.25) is 5.02 Å². The number of piperidine rings is 1. The molecule has 1 fully saturated rings. The number of benzene rings is 1. The van der Waals surface area contributed by atoms with Crippen molar-refractivity contribution in [1.29, 1.82) is 0 Å². The van der Waals surface area contributed by atoms with Crippen LogP contribution in [0.5, 0.6) is 0 Å². The first-order chi connectivity index (χ1) is 9.95. The minimum Gasteiger partial charge on any atom is -0.369 e. The van der Waals surface area contributed by atoms with Crippen LogP contribution in [0.15, 0.2) is 18.2 Å². The molecule has 0 spiro atoms. The second-order valence-corrected chi connectivity index (χ2v) is 5.87. The van der Waals surface area contributed by atoms with Gasteiger partial charge in [0.1, 0.15) is 0 Å². The number of amides is 2. The highest BCUT2D eigenvalue weighted by Gasteiger charge is 2.24. The normalized spacial score (nSPS) is 16.7. The third kappa shape index (κ3) is 4.44. The van der Waals surface area contributed by atoms with E-state index in [1.54, 1.807) is 6.07 Å². The fraction of sp³-hybridized carbons (Fsp3) is 0.467. The molecule has 5 nitrogen and oxygen atoms in total. The fourth-order valence-corrected chi connectivity index (χ4v) is 2.63. The summed E-state index contributed by atoms with van der Waals surface area (Å²) in [5.41, 5.74) is 6.97. The molecule has 0 aliphatic carbocycles. The maximum atomic E-state index is 12.0. The number of carbonyl (C=O) groups is 2. The lowest BCUT2D eigenvalue weighted by Gasteiger charge is -2.29. The predicted molar refractivity (Wildman–Crippen MR) is 83.2 cm³/mol. The molecule has 0 radical (unpaired) electrons. The molecule has 6 heteroatoms. The summed E-state index contributed by atoms with van der Waals surface area (Å²) in [4.78, 5) is 25.1. The summed E-state index contributed by atoms with van der Waals surface area (Å²) in [6.07, 6.45) is 1.44. The van der Waals surface area contributed by atoms with Gasteiger partial charge in [-0.2, -0.15) is 0 Å². The van der Waals surface area contributed by atoms with E-state index in [1.165, 1.54) is 0 Å². The van der Waals surface area contributed by atoms with Crippen LogP contribution in [0.4, 0.5) is 5.69 Å². The molecule has 2 rings (SSSR count). The van der Waals surface area contributed by atoms with E-state index in [1.807, 2.05) is 24.0 Å². The van der Waals surface area contributed by atoms with Crippen molar-refractivity contribution in [2.75, 3.05) is 25.0 Å². The number of hydrogen-bond acceptors (Lipinski definition) is 3. The van der Waals surface area contributed by atoms with E-state index >= 15 is 0 Å². The van der Waals surface area contributed by atoms with Crippen LogP contribution in [0.3, 0.4) is 0 Å². The van der Waals surface area contributed by atoms with Crippen LogP contribution < -0.4 is 11.1 Å². The second-order valence-electron chi connectivity index (χ2n) is 5.46. The van der Waals surface area contributed by atoms with Gasteiger partial charge in [-0.05, 0) is 50.6 Å². The predicted octanol–water partition coefficient (Wildman–Crippen LogP) is 1.78. The number of nitrogens with zero attached hydrogens (tertiary/aromatic N) is 1. The number of primary amides is 1. The number of carbonyl (C=O) groups excluding carboxylic acids is 2. The highest BCUT2D eigenvalue weighted by Crippen LogP contribution is 2.20. The van der Waals surface area contributed by atoms with E-state index in [4.69, 9.17) is 17.3 Å². The average molecular weight is 310 g/mol. The Morgan fingerprint density at radius 2 is 2.05 bits per heavy atom. The minimum absolute atomic E-state index is 0.0554. The van der Waals surface area contributed by atoms with E-state index < -0.39 is 0 Å². The Labute approximate surface area is 129 Å². The van der Waals surface area contributed by atoms with Gasteiger partial charge in [-0.15, -0.1) is 0 Å². The lowest BCUT2D eigenvalue weighted by molar-refractivity contribution is -0.123. The summed E-state index contributed by atoms with van der Waals surface area (Å²) in [6.45, 7) is 3.67. The molecule has 114 valence electrons. The molecule has 1 aliphatic heterocycles. The smallest absolute Gasteiger partial charge is 0.238 e. The van der Waals surface area contributed by atoms with E-state index in [9.17, 15) is 9.59 Å². The Hall–Kier alpha value is -1.59. The zero-order valence-corrected chi connectivity index (χ0v) is 12.8. The Morgan fingerprint density at radius 1 is 1.38 bits per heavy atom. The Balaban J connectivity index is 1.82. The lowest BCUT2D eigenvalue weighted by atomic mass is 9.96. The number of anilines is 1. The minimum atomic E-state index is -0.242. The number of nitrogens with two attached hydrogens (primary N) is 1. The van der Waals surface area contributed by atoms with Crippen molar-refractivity contribution in [3.63, 3.8) is 0 Å². The van der Waals surface area contributed by atoms with Gasteiger partial charge in [-0.1, -0.05) is 17.7 Å². The Morgan fingerprint density at radius 3 is 2.62 bits per heavy atom. The van der Waals surface area contributed by atoms with E-state index in [-0.39, 0.29) is 17.7 Å². The molecule has 0 atom stereocenters. The number of hydrogen-bond donors (Lipinski definition) is 2. The lowest BCUT2D eigenvalue weighted by Crippen LogP contribution is -2.42. The number of nitrogens with one attached hydrogen (secondary N) is 1. The second kappa shape index (κ2) is 6.91. The number of likely N-dealkylation sites (tertiary alicyclic amines) is 1. The first kappa shape index (κ1) is 15.8. The van der Waals surface area contributed by atoms with Crippen molar-refractivity contribution in [2.45, 2.75) is 19.8 Å². The zero-order valence-electron chi connectivity index (χ0n) is 12.1. The highest BCUT2D eigenvalue weighted by molar-refractivity contribution is 6.31. The van der Waals surface area contributed by atoms with E-state index in [0.29, 0.717) is 17.3 Å². The molecular formula is C15H20ClN3O2. The first-order valence-electron chi connectivity index (χ1n) is 7.03.